The quantitative estimate of drug-likeness (QED) is 0.842. The predicted molar refractivity (Wildman–Crippen MR) is 69.7 cm³/mol. The van der Waals surface area contributed by atoms with E-state index in [1.165, 1.54) is 0 Å². The number of nitrogens with zero attached hydrogens (tertiary/aromatic N) is 2. The molecular weight excluding hydrogens is 230 g/mol. The summed E-state index contributed by atoms with van der Waals surface area (Å²) in [5, 5.41) is 4.40. The molecule has 0 aliphatic rings. The SMILES string of the molecule is CCOC(=O)c1c(CC)nn2cc(C)c(N)cc12. The van der Waals surface area contributed by atoms with E-state index in [1.54, 1.807) is 17.5 Å². The van der Waals surface area contributed by atoms with E-state index in [0.717, 1.165) is 11.3 Å². The third kappa shape index (κ3) is 1.92. The minimum Gasteiger partial charge on any atom is -0.462 e. The molecule has 0 radical (unpaired) electrons. The first-order chi connectivity index (χ1) is 8.58. The Kier molecular flexibility index (Phi) is 3.23. The summed E-state index contributed by atoms with van der Waals surface area (Å²) >= 11 is 0. The Morgan fingerprint density at radius 3 is 2.83 bits per heavy atom. The summed E-state index contributed by atoms with van der Waals surface area (Å²) in [5.41, 5.74) is 9.42. The molecule has 0 fully saturated rings. The van der Waals surface area contributed by atoms with Gasteiger partial charge in [-0.3, -0.25) is 0 Å². The van der Waals surface area contributed by atoms with Gasteiger partial charge in [0, 0.05) is 11.9 Å². The van der Waals surface area contributed by atoms with Gasteiger partial charge in [-0.1, -0.05) is 6.92 Å². The summed E-state index contributed by atoms with van der Waals surface area (Å²) in [5.74, 6) is -0.340. The molecule has 96 valence electrons. The summed E-state index contributed by atoms with van der Waals surface area (Å²) in [6, 6.07) is 1.77. The average Bonchev–Trinajstić information content (AvgIpc) is 2.68. The normalized spacial score (nSPS) is 10.8. The number of hydrogen-bond acceptors (Lipinski definition) is 4. The second-order valence-corrected chi connectivity index (χ2v) is 4.14. The first kappa shape index (κ1) is 12.4. The molecule has 2 aromatic rings. The highest BCUT2D eigenvalue weighted by Crippen LogP contribution is 2.22. The first-order valence-electron chi connectivity index (χ1n) is 6.02. The molecule has 0 amide bonds. The van der Waals surface area contributed by atoms with Crippen molar-refractivity contribution in [3.8, 4) is 0 Å². The number of rotatable bonds is 3. The number of aryl methyl sites for hydroxylation is 2. The van der Waals surface area contributed by atoms with Crippen molar-refractivity contribution in [2.24, 2.45) is 0 Å². The highest BCUT2D eigenvalue weighted by molar-refractivity contribution is 5.98. The molecule has 2 N–H and O–H groups in total. The molecule has 0 bridgehead atoms. The zero-order chi connectivity index (χ0) is 13.3. The molecule has 0 aromatic carbocycles. The van der Waals surface area contributed by atoms with Crippen molar-refractivity contribution in [1.29, 1.82) is 0 Å². The van der Waals surface area contributed by atoms with Gasteiger partial charge in [0.2, 0.25) is 0 Å². The largest absolute Gasteiger partial charge is 0.462 e. The van der Waals surface area contributed by atoms with Gasteiger partial charge in [-0.15, -0.1) is 0 Å². The second kappa shape index (κ2) is 4.68. The lowest BCUT2D eigenvalue weighted by Crippen LogP contribution is -2.07. The number of pyridine rings is 1. The van der Waals surface area contributed by atoms with Gasteiger partial charge in [-0.05, 0) is 31.9 Å². The average molecular weight is 247 g/mol. The topological polar surface area (TPSA) is 69.6 Å². The lowest BCUT2D eigenvalue weighted by molar-refractivity contribution is 0.0527. The third-order valence-electron chi connectivity index (χ3n) is 2.90. The number of esters is 1. The van der Waals surface area contributed by atoms with Crippen molar-refractivity contribution in [3.63, 3.8) is 0 Å². The van der Waals surface area contributed by atoms with E-state index in [0.29, 0.717) is 29.8 Å². The number of fused-ring (bicyclic) bond motifs is 1. The van der Waals surface area contributed by atoms with Crippen molar-refractivity contribution >= 4 is 17.2 Å². The lowest BCUT2D eigenvalue weighted by Gasteiger charge is -2.03. The van der Waals surface area contributed by atoms with Crippen molar-refractivity contribution in [1.82, 2.24) is 9.61 Å². The maximum Gasteiger partial charge on any atom is 0.342 e. The van der Waals surface area contributed by atoms with E-state index < -0.39 is 0 Å². The molecule has 5 nitrogen and oxygen atoms in total. The number of anilines is 1. The summed E-state index contributed by atoms with van der Waals surface area (Å²) in [6.07, 6.45) is 2.50. The number of nitrogens with two attached hydrogens (primary N) is 1. The van der Waals surface area contributed by atoms with Gasteiger partial charge in [0.25, 0.3) is 0 Å². The van der Waals surface area contributed by atoms with Crippen LogP contribution in [-0.4, -0.2) is 22.2 Å². The summed E-state index contributed by atoms with van der Waals surface area (Å²) in [4.78, 5) is 12.0. The van der Waals surface area contributed by atoms with E-state index >= 15 is 0 Å². The second-order valence-electron chi connectivity index (χ2n) is 4.14. The third-order valence-corrected chi connectivity index (χ3v) is 2.90. The van der Waals surface area contributed by atoms with E-state index in [-0.39, 0.29) is 5.97 Å². The Morgan fingerprint density at radius 2 is 2.22 bits per heavy atom. The number of carbonyl (C=O) groups excluding carboxylic acids is 1. The molecule has 5 heteroatoms. The molecule has 0 atom stereocenters. The smallest absolute Gasteiger partial charge is 0.342 e. The molecule has 2 heterocycles. The van der Waals surface area contributed by atoms with Crippen LogP contribution in [0.2, 0.25) is 0 Å². The Morgan fingerprint density at radius 1 is 1.50 bits per heavy atom. The molecule has 0 aliphatic heterocycles. The molecule has 0 saturated carbocycles. The number of hydrogen-bond donors (Lipinski definition) is 1. The van der Waals surface area contributed by atoms with Crippen LogP contribution in [0.4, 0.5) is 5.69 Å². The maximum absolute atomic E-state index is 12.0. The fourth-order valence-electron chi connectivity index (χ4n) is 1.93. The van der Waals surface area contributed by atoms with Crippen LogP contribution in [0.25, 0.3) is 5.52 Å². The van der Waals surface area contributed by atoms with Gasteiger partial charge in [0.05, 0.1) is 17.8 Å². The van der Waals surface area contributed by atoms with Crippen LogP contribution >= 0.6 is 0 Å². The Hall–Kier alpha value is -2.04. The van der Waals surface area contributed by atoms with Gasteiger partial charge < -0.3 is 10.5 Å². The van der Waals surface area contributed by atoms with Gasteiger partial charge in [-0.25, -0.2) is 9.31 Å². The molecule has 2 aromatic heterocycles. The van der Waals surface area contributed by atoms with E-state index in [4.69, 9.17) is 10.5 Å². The first-order valence-corrected chi connectivity index (χ1v) is 6.02. The minimum atomic E-state index is -0.340. The van der Waals surface area contributed by atoms with Crippen LogP contribution in [0.3, 0.4) is 0 Å². The fraction of sp³-hybridized carbons (Fsp3) is 0.385. The van der Waals surface area contributed by atoms with Crippen LogP contribution in [0.15, 0.2) is 12.3 Å². The summed E-state index contributed by atoms with van der Waals surface area (Å²) < 4.78 is 6.77. The molecular formula is C13H17N3O2. The molecule has 2 rings (SSSR count). The fourth-order valence-corrected chi connectivity index (χ4v) is 1.93. The van der Waals surface area contributed by atoms with E-state index in [1.807, 2.05) is 20.0 Å². The van der Waals surface area contributed by atoms with Crippen molar-refractivity contribution in [2.75, 3.05) is 12.3 Å². The number of ether oxygens (including phenoxy) is 1. The Labute approximate surface area is 106 Å². The highest BCUT2D eigenvalue weighted by Gasteiger charge is 2.20. The van der Waals surface area contributed by atoms with Gasteiger partial charge >= 0.3 is 5.97 Å². The van der Waals surface area contributed by atoms with Crippen molar-refractivity contribution in [3.05, 3.63) is 29.1 Å². The Bertz CT molecular complexity index is 602. The van der Waals surface area contributed by atoms with Crippen LogP contribution in [0.5, 0.6) is 0 Å². The molecule has 18 heavy (non-hydrogen) atoms. The van der Waals surface area contributed by atoms with Crippen molar-refractivity contribution in [2.45, 2.75) is 27.2 Å². The number of carbonyl (C=O) groups is 1. The number of aromatic nitrogens is 2. The van der Waals surface area contributed by atoms with Crippen LogP contribution in [-0.2, 0) is 11.2 Å². The van der Waals surface area contributed by atoms with Gasteiger partial charge in [-0.2, -0.15) is 5.10 Å². The zero-order valence-electron chi connectivity index (χ0n) is 10.9. The predicted octanol–water partition coefficient (Wildman–Crippen LogP) is 1.96. The van der Waals surface area contributed by atoms with Gasteiger partial charge in [0.1, 0.15) is 5.56 Å². The van der Waals surface area contributed by atoms with Crippen LogP contribution in [0, 0.1) is 6.92 Å². The standard InChI is InChI=1S/C13H17N3O2/c1-4-10-12(13(17)18-5-2)11-6-9(14)8(3)7-16(11)15-10/h6-7H,4-5,14H2,1-3H3. The lowest BCUT2D eigenvalue weighted by atomic mass is 10.1. The molecule has 0 unspecified atom stereocenters. The molecule has 0 spiro atoms. The van der Waals surface area contributed by atoms with Gasteiger partial charge in [0.15, 0.2) is 0 Å². The van der Waals surface area contributed by atoms with Crippen molar-refractivity contribution < 1.29 is 9.53 Å². The van der Waals surface area contributed by atoms with Crippen LogP contribution in [0.1, 0.15) is 35.5 Å². The highest BCUT2D eigenvalue weighted by atomic mass is 16.5. The summed E-state index contributed by atoms with van der Waals surface area (Å²) in [6.45, 7) is 6.00. The summed E-state index contributed by atoms with van der Waals surface area (Å²) in [7, 11) is 0. The number of nitrogen functional groups attached to an aromatic ring is 1. The molecule has 0 saturated heterocycles. The van der Waals surface area contributed by atoms with E-state index in [2.05, 4.69) is 5.10 Å². The van der Waals surface area contributed by atoms with E-state index in [9.17, 15) is 4.79 Å². The maximum atomic E-state index is 12.0. The monoisotopic (exact) mass is 247 g/mol. The van der Waals surface area contributed by atoms with Crippen LogP contribution < -0.4 is 5.73 Å². The Balaban J connectivity index is 2.68. The zero-order valence-corrected chi connectivity index (χ0v) is 10.9. The minimum absolute atomic E-state index is 0.340. The molecule has 0 aliphatic carbocycles.